The highest BCUT2D eigenvalue weighted by molar-refractivity contribution is 6.32. The molecule has 0 aliphatic heterocycles. The van der Waals surface area contributed by atoms with Crippen LogP contribution < -0.4 is 0 Å². The van der Waals surface area contributed by atoms with Crippen molar-refractivity contribution in [3.63, 3.8) is 0 Å². The summed E-state index contributed by atoms with van der Waals surface area (Å²) in [5.41, 5.74) is 0.729. The normalized spacial score (nSPS) is 13.2. The Morgan fingerprint density at radius 2 is 2.13 bits per heavy atom. The molecule has 0 saturated heterocycles. The minimum atomic E-state index is 0.0712. The molecule has 1 aromatic rings. The Kier molecular flexibility index (Phi) is 4.80. The monoisotopic (exact) mass is 248 g/mol. The molecule has 0 fully saturated rings. The number of halogens is 2. The van der Waals surface area contributed by atoms with Crippen LogP contribution >= 0.6 is 23.2 Å². The molecule has 1 atom stereocenters. The molecule has 1 N–H and O–H groups in total. The van der Waals surface area contributed by atoms with E-state index in [0.717, 1.165) is 5.69 Å². The molecule has 0 saturated carbocycles. The topological polar surface area (TPSA) is 36.4 Å². The molecule has 0 aromatic carbocycles. The van der Waals surface area contributed by atoms with Crippen molar-refractivity contribution in [2.45, 2.75) is 19.5 Å². The van der Waals surface area contributed by atoms with Gasteiger partial charge in [-0.1, -0.05) is 23.2 Å². The zero-order valence-electron chi connectivity index (χ0n) is 8.74. The van der Waals surface area contributed by atoms with Gasteiger partial charge in [-0.3, -0.25) is 4.90 Å². The first-order valence-electron chi connectivity index (χ1n) is 4.66. The third kappa shape index (κ3) is 3.61. The van der Waals surface area contributed by atoms with Crippen molar-refractivity contribution in [3.05, 3.63) is 28.0 Å². The fourth-order valence-electron chi connectivity index (χ4n) is 1.10. The van der Waals surface area contributed by atoms with E-state index in [1.54, 1.807) is 12.1 Å². The van der Waals surface area contributed by atoms with E-state index in [9.17, 15) is 0 Å². The van der Waals surface area contributed by atoms with E-state index in [2.05, 4.69) is 4.98 Å². The van der Waals surface area contributed by atoms with Gasteiger partial charge in [0.1, 0.15) is 5.15 Å². The Bertz CT molecular complexity index is 333. The van der Waals surface area contributed by atoms with Gasteiger partial charge in [-0.25, -0.2) is 4.98 Å². The second kappa shape index (κ2) is 5.66. The summed E-state index contributed by atoms with van der Waals surface area (Å²) in [6, 6.07) is 3.45. The van der Waals surface area contributed by atoms with E-state index >= 15 is 0 Å². The summed E-state index contributed by atoms with van der Waals surface area (Å²) >= 11 is 11.8. The summed E-state index contributed by atoms with van der Waals surface area (Å²) in [5.74, 6) is 0. The first-order valence-corrected chi connectivity index (χ1v) is 5.42. The average molecular weight is 249 g/mol. The summed E-state index contributed by atoms with van der Waals surface area (Å²) in [4.78, 5) is 6.10. The number of pyridine rings is 1. The van der Waals surface area contributed by atoms with Gasteiger partial charge in [0.25, 0.3) is 0 Å². The number of rotatable bonds is 4. The van der Waals surface area contributed by atoms with Crippen LogP contribution in [0.3, 0.4) is 0 Å². The molecule has 1 aromatic heterocycles. The Morgan fingerprint density at radius 3 is 2.73 bits per heavy atom. The lowest BCUT2D eigenvalue weighted by molar-refractivity contribution is 0.153. The Hall–Kier alpha value is -0.350. The van der Waals surface area contributed by atoms with Crippen molar-refractivity contribution in [1.29, 1.82) is 0 Å². The van der Waals surface area contributed by atoms with Gasteiger partial charge >= 0.3 is 0 Å². The first kappa shape index (κ1) is 12.7. The number of likely N-dealkylation sites (N-methyl/N-ethyl adjacent to an activating group) is 1. The SMILES string of the molecule is CC(CO)N(C)Cc1nc(Cl)ccc1Cl. The van der Waals surface area contributed by atoms with Crippen molar-refractivity contribution in [2.24, 2.45) is 0 Å². The second-order valence-corrected chi connectivity index (χ2v) is 4.30. The van der Waals surface area contributed by atoms with Crippen molar-refractivity contribution in [2.75, 3.05) is 13.7 Å². The predicted octanol–water partition coefficient (Wildman–Crippen LogP) is 2.20. The van der Waals surface area contributed by atoms with Crippen LogP contribution in [0, 0.1) is 0 Å². The highest BCUT2D eigenvalue weighted by Crippen LogP contribution is 2.18. The van der Waals surface area contributed by atoms with Crippen LogP contribution in [-0.4, -0.2) is 34.7 Å². The highest BCUT2D eigenvalue weighted by Gasteiger charge is 2.11. The number of aliphatic hydroxyl groups excluding tert-OH is 1. The van der Waals surface area contributed by atoms with E-state index in [1.165, 1.54) is 0 Å². The molecular weight excluding hydrogens is 235 g/mol. The van der Waals surface area contributed by atoms with Crippen LogP contribution in [0.25, 0.3) is 0 Å². The first-order chi connectivity index (χ1) is 7.04. The lowest BCUT2D eigenvalue weighted by Crippen LogP contribution is -2.31. The van der Waals surface area contributed by atoms with Crippen LogP contribution in [0.15, 0.2) is 12.1 Å². The van der Waals surface area contributed by atoms with Crippen molar-refractivity contribution < 1.29 is 5.11 Å². The summed E-state index contributed by atoms with van der Waals surface area (Å²) < 4.78 is 0. The van der Waals surface area contributed by atoms with E-state index in [1.807, 2.05) is 18.9 Å². The third-order valence-corrected chi connectivity index (χ3v) is 2.86. The standard InChI is InChI=1S/C10H14Cl2N2O/c1-7(6-15)14(2)5-9-8(11)3-4-10(12)13-9/h3-4,7,15H,5-6H2,1-2H3. The van der Waals surface area contributed by atoms with Gasteiger partial charge in [-0.15, -0.1) is 0 Å². The van der Waals surface area contributed by atoms with E-state index < -0.39 is 0 Å². The molecule has 84 valence electrons. The fourth-order valence-corrected chi connectivity index (χ4v) is 1.43. The molecule has 0 bridgehead atoms. The van der Waals surface area contributed by atoms with Crippen molar-refractivity contribution >= 4 is 23.2 Å². The molecule has 1 heterocycles. The molecule has 0 amide bonds. The highest BCUT2D eigenvalue weighted by atomic mass is 35.5. The smallest absolute Gasteiger partial charge is 0.129 e. The maximum absolute atomic E-state index is 8.99. The van der Waals surface area contributed by atoms with Gasteiger partial charge in [-0.05, 0) is 26.1 Å². The van der Waals surface area contributed by atoms with Gasteiger partial charge < -0.3 is 5.11 Å². The molecule has 0 aliphatic carbocycles. The lowest BCUT2D eigenvalue weighted by atomic mass is 10.2. The molecule has 0 radical (unpaired) electrons. The number of hydrogen-bond donors (Lipinski definition) is 1. The van der Waals surface area contributed by atoms with Crippen LogP contribution in [0.5, 0.6) is 0 Å². The Balaban J connectivity index is 2.75. The molecular formula is C10H14Cl2N2O. The third-order valence-electron chi connectivity index (χ3n) is 2.30. The van der Waals surface area contributed by atoms with E-state index in [4.69, 9.17) is 28.3 Å². The Labute approximate surface area is 99.6 Å². The number of aliphatic hydroxyl groups is 1. The van der Waals surface area contributed by atoms with Crippen molar-refractivity contribution in [1.82, 2.24) is 9.88 Å². The summed E-state index contributed by atoms with van der Waals surface area (Å²) in [6.45, 7) is 2.61. The van der Waals surface area contributed by atoms with Crippen LogP contribution in [0.4, 0.5) is 0 Å². The molecule has 3 nitrogen and oxygen atoms in total. The van der Waals surface area contributed by atoms with Crippen molar-refractivity contribution in [3.8, 4) is 0 Å². The minimum absolute atomic E-state index is 0.0712. The number of aromatic nitrogens is 1. The van der Waals surface area contributed by atoms with E-state index in [0.29, 0.717) is 16.7 Å². The molecule has 5 heteroatoms. The van der Waals surface area contributed by atoms with E-state index in [-0.39, 0.29) is 12.6 Å². The maximum Gasteiger partial charge on any atom is 0.129 e. The molecule has 1 rings (SSSR count). The number of hydrogen-bond acceptors (Lipinski definition) is 3. The van der Waals surface area contributed by atoms with Crippen LogP contribution in [-0.2, 0) is 6.54 Å². The lowest BCUT2D eigenvalue weighted by Gasteiger charge is -2.22. The average Bonchev–Trinajstić information content (AvgIpc) is 2.22. The zero-order valence-corrected chi connectivity index (χ0v) is 10.3. The second-order valence-electron chi connectivity index (χ2n) is 3.51. The van der Waals surface area contributed by atoms with Gasteiger partial charge in [0.05, 0.1) is 17.3 Å². The fraction of sp³-hybridized carbons (Fsp3) is 0.500. The summed E-state index contributed by atoms with van der Waals surface area (Å²) in [7, 11) is 1.90. The van der Waals surface area contributed by atoms with Gasteiger partial charge in [-0.2, -0.15) is 0 Å². The maximum atomic E-state index is 8.99. The van der Waals surface area contributed by atoms with Gasteiger partial charge in [0, 0.05) is 12.6 Å². The molecule has 0 aliphatic rings. The minimum Gasteiger partial charge on any atom is -0.395 e. The van der Waals surface area contributed by atoms with Crippen LogP contribution in [0.1, 0.15) is 12.6 Å². The summed E-state index contributed by atoms with van der Waals surface area (Å²) in [5, 5.41) is 10.0. The molecule has 0 spiro atoms. The van der Waals surface area contributed by atoms with Gasteiger partial charge in [0.15, 0.2) is 0 Å². The zero-order chi connectivity index (χ0) is 11.4. The van der Waals surface area contributed by atoms with Crippen LogP contribution in [0.2, 0.25) is 10.2 Å². The predicted molar refractivity (Wildman–Crippen MR) is 62.3 cm³/mol. The largest absolute Gasteiger partial charge is 0.395 e. The Morgan fingerprint density at radius 1 is 1.47 bits per heavy atom. The quantitative estimate of drug-likeness (QED) is 0.831. The number of nitrogens with zero attached hydrogens (tertiary/aromatic N) is 2. The molecule has 1 unspecified atom stereocenters. The molecule has 15 heavy (non-hydrogen) atoms. The summed E-state index contributed by atoms with van der Waals surface area (Å²) in [6.07, 6.45) is 0. The van der Waals surface area contributed by atoms with Gasteiger partial charge in [0.2, 0.25) is 0 Å².